The molecule has 1 saturated heterocycles. The van der Waals surface area contributed by atoms with Crippen molar-refractivity contribution in [1.82, 2.24) is 4.90 Å². The molecule has 9 heteroatoms. The number of benzene rings is 1. The fourth-order valence-corrected chi connectivity index (χ4v) is 2.76. The van der Waals surface area contributed by atoms with Crippen molar-refractivity contribution in [3.05, 3.63) is 34.9 Å². The van der Waals surface area contributed by atoms with Crippen molar-refractivity contribution in [3.8, 4) is 0 Å². The number of alkyl halides is 6. The maximum absolute atomic E-state index is 12.9. The summed E-state index contributed by atoms with van der Waals surface area (Å²) >= 11 is 0. The van der Waals surface area contributed by atoms with Gasteiger partial charge in [-0.1, -0.05) is 0 Å². The molecular formula is C15H16F6N2O. The Labute approximate surface area is 134 Å². The average molecular weight is 354 g/mol. The standard InChI is InChI=1S/C15H16F6N2O/c16-14(17,18)10-5-9(6-11(7-10)15(19,20)21)13(24)23-4-2-1-3-12(23)8-22/h5-7,12H,1-4,8,22H2. The number of carbonyl (C=O) groups is 1. The third kappa shape index (κ3) is 4.00. The number of nitrogens with zero attached hydrogens (tertiary/aromatic N) is 1. The Morgan fingerprint density at radius 2 is 1.58 bits per heavy atom. The lowest BCUT2D eigenvalue weighted by molar-refractivity contribution is -0.143. The van der Waals surface area contributed by atoms with Gasteiger partial charge in [0.15, 0.2) is 0 Å². The first-order valence-corrected chi connectivity index (χ1v) is 7.34. The smallest absolute Gasteiger partial charge is 0.334 e. The van der Waals surface area contributed by atoms with Gasteiger partial charge in [-0.05, 0) is 37.5 Å². The molecule has 1 unspecified atom stereocenters. The topological polar surface area (TPSA) is 46.3 Å². The number of likely N-dealkylation sites (tertiary alicyclic amines) is 1. The Hall–Kier alpha value is -1.77. The van der Waals surface area contributed by atoms with E-state index < -0.39 is 35.0 Å². The molecule has 0 radical (unpaired) electrons. The van der Waals surface area contributed by atoms with Crippen molar-refractivity contribution in [2.75, 3.05) is 13.1 Å². The first-order valence-electron chi connectivity index (χ1n) is 7.34. The van der Waals surface area contributed by atoms with Crippen LogP contribution in [-0.4, -0.2) is 29.9 Å². The molecule has 1 amide bonds. The minimum atomic E-state index is -4.98. The van der Waals surface area contributed by atoms with Crippen molar-refractivity contribution in [2.45, 2.75) is 37.7 Å². The van der Waals surface area contributed by atoms with Crippen LogP contribution < -0.4 is 5.73 Å². The van der Waals surface area contributed by atoms with Gasteiger partial charge < -0.3 is 10.6 Å². The summed E-state index contributed by atoms with van der Waals surface area (Å²) in [7, 11) is 0. The molecule has 134 valence electrons. The second kappa shape index (κ2) is 6.62. The number of nitrogens with two attached hydrogens (primary N) is 1. The number of hydrogen-bond donors (Lipinski definition) is 1. The molecule has 1 aromatic rings. The Morgan fingerprint density at radius 1 is 1.04 bits per heavy atom. The van der Waals surface area contributed by atoms with Gasteiger partial charge in [-0.3, -0.25) is 4.79 Å². The minimum Gasteiger partial charge on any atom is -0.334 e. The number of halogens is 6. The number of amides is 1. The van der Waals surface area contributed by atoms with E-state index in [1.54, 1.807) is 0 Å². The molecule has 24 heavy (non-hydrogen) atoms. The molecule has 1 heterocycles. The van der Waals surface area contributed by atoms with Gasteiger partial charge in [0, 0.05) is 24.7 Å². The quantitative estimate of drug-likeness (QED) is 0.824. The molecule has 0 aromatic heterocycles. The molecule has 0 saturated carbocycles. The van der Waals surface area contributed by atoms with Crippen LogP contribution in [0.4, 0.5) is 26.3 Å². The summed E-state index contributed by atoms with van der Waals surface area (Å²) in [6.07, 6.45) is -7.94. The van der Waals surface area contributed by atoms with Gasteiger partial charge in [0.25, 0.3) is 5.91 Å². The second-order valence-corrected chi connectivity index (χ2v) is 5.68. The van der Waals surface area contributed by atoms with Crippen molar-refractivity contribution in [1.29, 1.82) is 0 Å². The fraction of sp³-hybridized carbons (Fsp3) is 0.533. The Morgan fingerprint density at radius 3 is 2.04 bits per heavy atom. The van der Waals surface area contributed by atoms with E-state index in [0.717, 1.165) is 6.42 Å². The van der Waals surface area contributed by atoms with Crippen LogP contribution in [-0.2, 0) is 12.4 Å². The van der Waals surface area contributed by atoms with Crippen molar-refractivity contribution in [2.24, 2.45) is 5.73 Å². The molecule has 0 aliphatic carbocycles. The predicted octanol–water partition coefficient (Wildman–Crippen LogP) is 3.68. The molecule has 0 spiro atoms. The van der Waals surface area contributed by atoms with Gasteiger partial charge in [-0.15, -0.1) is 0 Å². The normalized spacial score (nSPS) is 19.5. The van der Waals surface area contributed by atoms with Crippen molar-refractivity contribution >= 4 is 5.91 Å². The van der Waals surface area contributed by atoms with Gasteiger partial charge in [-0.25, -0.2) is 0 Å². The van der Waals surface area contributed by atoms with Crippen LogP contribution in [0.25, 0.3) is 0 Å². The zero-order valence-corrected chi connectivity index (χ0v) is 12.5. The summed E-state index contributed by atoms with van der Waals surface area (Å²) in [5, 5.41) is 0. The van der Waals surface area contributed by atoms with Crippen LogP contribution in [0.5, 0.6) is 0 Å². The van der Waals surface area contributed by atoms with Crippen LogP contribution in [0.3, 0.4) is 0 Å². The van der Waals surface area contributed by atoms with E-state index in [-0.39, 0.29) is 25.2 Å². The van der Waals surface area contributed by atoms with E-state index in [1.807, 2.05) is 0 Å². The Kier molecular flexibility index (Phi) is 5.12. The Balaban J connectivity index is 2.46. The summed E-state index contributed by atoms with van der Waals surface area (Å²) in [5.74, 6) is -0.859. The molecule has 1 atom stereocenters. The van der Waals surface area contributed by atoms with Gasteiger partial charge in [0.05, 0.1) is 11.1 Å². The highest BCUT2D eigenvalue weighted by atomic mass is 19.4. The number of hydrogen-bond acceptors (Lipinski definition) is 2. The third-order valence-electron chi connectivity index (χ3n) is 3.99. The van der Waals surface area contributed by atoms with Gasteiger partial charge in [-0.2, -0.15) is 26.3 Å². The first-order chi connectivity index (χ1) is 11.0. The molecule has 1 aliphatic rings. The average Bonchev–Trinajstić information content (AvgIpc) is 2.52. The highest BCUT2D eigenvalue weighted by Gasteiger charge is 2.38. The van der Waals surface area contributed by atoms with Crippen LogP contribution >= 0.6 is 0 Å². The van der Waals surface area contributed by atoms with E-state index in [9.17, 15) is 31.1 Å². The van der Waals surface area contributed by atoms with Gasteiger partial charge >= 0.3 is 12.4 Å². The lowest BCUT2D eigenvalue weighted by atomic mass is 9.99. The van der Waals surface area contributed by atoms with Crippen molar-refractivity contribution in [3.63, 3.8) is 0 Å². The zero-order chi connectivity index (χ0) is 18.1. The van der Waals surface area contributed by atoms with E-state index >= 15 is 0 Å². The highest BCUT2D eigenvalue weighted by Crippen LogP contribution is 2.36. The van der Waals surface area contributed by atoms with Crippen LogP contribution in [0.1, 0.15) is 40.7 Å². The van der Waals surface area contributed by atoms with E-state index in [4.69, 9.17) is 5.73 Å². The molecule has 1 fully saturated rings. The summed E-state index contributed by atoms with van der Waals surface area (Å²) in [4.78, 5) is 13.7. The predicted molar refractivity (Wildman–Crippen MR) is 74.2 cm³/mol. The lowest BCUT2D eigenvalue weighted by Crippen LogP contribution is -2.47. The van der Waals surface area contributed by atoms with Crippen molar-refractivity contribution < 1.29 is 31.1 Å². The van der Waals surface area contributed by atoms with Crippen LogP contribution in [0.2, 0.25) is 0 Å². The molecular weight excluding hydrogens is 338 g/mol. The SMILES string of the molecule is NCC1CCCCN1C(=O)c1cc(C(F)(F)F)cc(C(F)(F)F)c1. The number of carbonyl (C=O) groups excluding carboxylic acids is 1. The van der Waals surface area contributed by atoms with Crippen LogP contribution in [0.15, 0.2) is 18.2 Å². The molecule has 1 aliphatic heterocycles. The monoisotopic (exact) mass is 354 g/mol. The van der Waals surface area contributed by atoms with Crippen LogP contribution in [0, 0.1) is 0 Å². The molecule has 2 N–H and O–H groups in total. The van der Waals surface area contributed by atoms with E-state index in [0.29, 0.717) is 25.0 Å². The minimum absolute atomic E-state index is 0.00734. The highest BCUT2D eigenvalue weighted by molar-refractivity contribution is 5.95. The fourth-order valence-electron chi connectivity index (χ4n) is 2.76. The largest absolute Gasteiger partial charge is 0.416 e. The summed E-state index contributed by atoms with van der Waals surface area (Å²) < 4.78 is 77.2. The number of piperidine rings is 1. The summed E-state index contributed by atoms with van der Waals surface area (Å²) in [6, 6.07) is 0.544. The maximum atomic E-state index is 12.9. The molecule has 3 nitrogen and oxygen atoms in total. The number of rotatable bonds is 2. The van der Waals surface area contributed by atoms with E-state index in [1.165, 1.54) is 4.90 Å². The lowest BCUT2D eigenvalue weighted by Gasteiger charge is -2.35. The Bertz CT molecular complexity index is 579. The zero-order valence-electron chi connectivity index (χ0n) is 12.5. The molecule has 0 bridgehead atoms. The molecule has 2 rings (SSSR count). The maximum Gasteiger partial charge on any atom is 0.416 e. The first kappa shape index (κ1) is 18.6. The second-order valence-electron chi connectivity index (χ2n) is 5.68. The summed E-state index contributed by atoms with van der Waals surface area (Å²) in [5.41, 5.74) is 1.93. The van der Waals surface area contributed by atoms with Gasteiger partial charge in [0.1, 0.15) is 0 Å². The van der Waals surface area contributed by atoms with Gasteiger partial charge in [0.2, 0.25) is 0 Å². The van der Waals surface area contributed by atoms with E-state index in [2.05, 4.69) is 0 Å². The third-order valence-corrected chi connectivity index (χ3v) is 3.99. The molecule has 1 aromatic carbocycles. The summed E-state index contributed by atoms with van der Waals surface area (Å²) in [6.45, 7) is 0.370.